The van der Waals surface area contributed by atoms with Crippen molar-refractivity contribution in [1.29, 1.82) is 0 Å². The van der Waals surface area contributed by atoms with Crippen LogP contribution in [0.1, 0.15) is 54.4 Å². The summed E-state index contributed by atoms with van der Waals surface area (Å²) in [5.74, 6) is -0.320. The lowest BCUT2D eigenvalue weighted by Crippen LogP contribution is -2.42. The van der Waals surface area contributed by atoms with Gasteiger partial charge in [0.1, 0.15) is 5.69 Å². The molecular formula is C26H30N8O3S. The molecule has 0 bridgehead atoms. The summed E-state index contributed by atoms with van der Waals surface area (Å²) in [6, 6.07) is 6.03. The van der Waals surface area contributed by atoms with Gasteiger partial charge in [-0.25, -0.2) is 9.78 Å². The third kappa shape index (κ3) is 5.14. The van der Waals surface area contributed by atoms with E-state index in [4.69, 9.17) is 9.98 Å². The van der Waals surface area contributed by atoms with E-state index < -0.39 is 5.69 Å². The minimum absolute atomic E-state index is 0.0680. The van der Waals surface area contributed by atoms with Gasteiger partial charge in [0.05, 0.1) is 27.7 Å². The van der Waals surface area contributed by atoms with E-state index in [2.05, 4.69) is 32.2 Å². The van der Waals surface area contributed by atoms with Crippen molar-refractivity contribution in [3.8, 4) is 16.5 Å². The number of imidazole rings is 1. The van der Waals surface area contributed by atoms with Crippen molar-refractivity contribution >= 4 is 29.0 Å². The maximum atomic E-state index is 13.1. The molecule has 198 valence electrons. The highest BCUT2D eigenvalue weighted by Gasteiger charge is 2.22. The number of hydrogen-bond acceptors (Lipinski definition) is 8. The number of fused-ring (bicyclic) bond motifs is 1. The fraction of sp³-hybridized carbons (Fsp3) is 0.423. The lowest BCUT2D eigenvalue weighted by molar-refractivity contribution is 0.0930. The van der Waals surface area contributed by atoms with E-state index in [0.717, 1.165) is 43.8 Å². The van der Waals surface area contributed by atoms with E-state index in [1.54, 1.807) is 16.8 Å². The van der Waals surface area contributed by atoms with Crippen molar-refractivity contribution in [2.75, 3.05) is 19.6 Å². The van der Waals surface area contributed by atoms with E-state index in [1.165, 1.54) is 24.2 Å². The Hall–Kier alpha value is -3.77. The van der Waals surface area contributed by atoms with E-state index in [9.17, 15) is 14.7 Å². The van der Waals surface area contributed by atoms with E-state index in [1.807, 2.05) is 18.2 Å². The van der Waals surface area contributed by atoms with Gasteiger partial charge in [-0.05, 0) is 63.4 Å². The minimum atomic E-state index is -0.501. The van der Waals surface area contributed by atoms with Crippen LogP contribution in [0.5, 0.6) is 5.88 Å². The van der Waals surface area contributed by atoms with Gasteiger partial charge >= 0.3 is 5.69 Å². The summed E-state index contributed by atoms with van der Waals surface area (Å²) < 4.78 is 1.67. The SMILES string of the molecule is CCC(CN1CCCC1)NC(=O)c1ccc(-c2cc(=NC3CC3)n3ncc(=Cc4[nH]c(=O)[nH]c4O)c3n2)s1. The fourth-order valence-electron chi connectivity index (χ4n) is 4.73. The topological polar surface area (TPSA) is 144 Å². The molecule has 6 rings (SSSR count). The van der Waals surface area contributed by atoms with Crippen LogP contribution < -0.4 is 21.7 Å². The van der Waals surface area contributed by atoms with Crippen molar-refractivity contribution in [2.45, 2.75) is 51.1 Å². The van der Waals surface area contributed by atoms with Crippen LogP contribution in [0.2, 0.25) is 0 Å². The van der Waals surface area contributed by atoms with Gasteiger partial charge in [0.2, 0.25) is 5.88 Å². The molecule has 1 unspecified atom stereocenters. The first kappa shape index (κ1) is 24.6. The van der Waals surface area contributed by atoms with Crippen LogP contribution in [0.3, 0.4) is 0 Å². The maximum absolute atomic E-state index is 13.1. The van der Waals surface area contributed by atoms with Gasteiger partial charge in [0.25, 0.3) is 5.91 Å². The molecule has 0 aromatic carbocycles. The van der Waals surface area contributed by atoms with E-state index in [-0.39, 0.29) is 29.6 Å². The second kappa shape index (κ2) is 10.2. The number of amides is 1. The standard InChI is InChI=1S/C26H30N8O3S/c1-2-16(14-33-9-3-4-10-33)29-25(36)21-8-7-20(38-21)18-12-22(28-17-5-6-17)34-23(30-18)15(13-27-34)11-19-24(35)32-26(37)31-19/h7-8,11-13,16-17,35H,2-6,9-10,14H2,1H3,(H,29,36)(H2,31,32,37). The molecule has 0 spiro atoms. The molecule has 11 nitrogen and oxygen atoms in total. The number of hydrogen-bond donors (Lipinski definition) is 4. The summed E-state index contributed by atoms with van der Waals surface area (Å²) in [6.07, 6.45) is 8.66. The van der Waals surface area contributed by atoms with Gasteiger partial charge in [-0.1, -0.05) is 6.92 Å². The second-order valence-corrected chi connectivity index (χ2v) is 11.0. The smallest absolute Gasteiger partial charge is 0.326 e. The minimum Gasteiger partial charge on any atom is -0.493 e. The van der Waals surface area contributed by atoms with Gasteiger partial charge in [0.15, 0.2) is 11.1 Å². The first-order chi connectivity index (χ1) is 18.5. The van der Waals surface area contributed by atoms with Crippen LogP contribution >= 0.6 is 11.3 Å². The van der Waals surface area contributed by atoms with Crippen LogP contribution in [-0.4, -0.2) is 72.2 Å². The Balaban J connectivity index is 1.33. The zero-order valence-corrected chi connectivity index (χ0v) is 21.9. The van der Waals surface area contributed by atoms with Crippen molar-refractivity contribution in [2.24, 2.45) is 4.99 Å². The average molecular weight is 535 g/mol. The number of H-pyrrole nitrogens is 2. The number of carbonyl (C=O) groups is 1. The average Bonchev–Trinajstić information content (AvgIpc) is 3.32. The van der Waals surface area contributed by atoms with Crippen molar-refractivity contribution in [3.63, 3.8) is 0 Å². The molecule has 1 aliphatic heterocycles. The Labute approximate surface area is 222 Å². The summed E-state index contributed by atoms with van der Waals surface area (Å²) in [6.45, 7) is 5.19. The quantitative estimate of drug-likeness (QED) is 0.269. The summed E-state index contributed by atoms with van der Waals surface area (Å²) in [7, 11) is 0. The molecule has 1 atom stereocenters. The maximum Gasteiger partial charge on any atom is 0.326 e. The number of carbonyl (C=O) groups excluding carboxylic acids is 1. The number of thiophene rings is 1. The largest absolute Gasteiger partial charge is 0.493 e. The van der Waals surface area contributed by atoms with Gasteiger partial charge in [-0.15, -0.1) is 11.3 Å². The Morgan fingerprint density at radius 2 is 2.13 bits per heavy atom. The number of nitrogens with zero attached hydrogens (tertiary/aromatic N) is 5. The molecule has 2 aliphatic rings. The molecule has 1 aliphatic carbocycles. The third-order valence-corrected chi connectivity index (χ3v) is 8.07. The van der Waals surface area contributed by atoms with E-state index >= 15 is 0 Å². The zero-order chi connectivity index (χ0) is 26.2. The Morgan fingerprint density at radius 3 is 2.84 bits per heavy atom. The number of nitrogens with one attached hydrogen (secondary N) is 3. The molecule has 1 saturated heterocycles. The third-order valence-electron chi connectivity index (χ3n) is 6.96. The normalized spacial score (nSPS) is 18.0. The van der Waals surface area contributed by atoms with Gasteiger partial charge in [-0.2, -0.15) is 9.61 Å². The molecule has 4 aromatic heterocycles. The lowest BCUT2D eigenvalue weighted by atomic mass is 10.2. The molecule has 1 saturated carbocycles. The van der Waals surface area contributed by atoms with Crippen molar-refractivity contribution in [3.05, 3.63) is 56.2 Å². The zero-order valence-electron chi connectivity index (χ0n) is 21.1. The number of rotatable bonds is 8. The Morgan fingerprint density at radius 1 is 1.32 bits per heavy atom. The number of aromatic nitrogens is 5. The highest BCUT2D eigenvalue weighted by molar-refractivity contribution is 7.17. The van der Waals surface area contributed by atoms with Gasteiger partial charge in [-0.3, -0.25) is 14.8 Å². The summed E-state index contributed by atoms with van der Waals surface area (Å²) in [4.78, 5) is 43.1. The van der Waals surface area contributed by atoms with E-state index in [0.29, 0.717) is 26.9 Å². The molecule has 5 heterocycles. The first-order valence-corrected chi connectivity index (χ1v) is 13.9. The monoisotopic (exact) mass is 534 g/mol. The van der Waals surface area contributed by atoms with Gasteiger partial charge in [0, 0.05) is 23.9 Å². The molecule has 4 aromatic rings. The Bertz CT molecular complexity index is 1660. The molecular weight excluding hydrogens is 504 g/mol. The summed E-state index contributed by atoms with van der Waals surface area (Å²) in [5, 5.41) is 18.3. The number of likely N-dealkylation sites (tertiary alicyclic amines) is 1. The van der Waals surface area contributed by atoms with Crippen LogP contribution in [0, 0.1) is 0 Å². The highest BCUT2D eigenvalue weighted by atomic mass is 32.1. The van der Waals surface area contributed by atoms with Gasteiger partial charge < -0.3 is 20.3 Å². The first-order valence-electron chi connectivity index (χ1n) is 13.1. The van der Waals surface area contributed by atoms with Crippen LogP contribution in [0.25, 0.3) is 22.3 Å². The fourth-order valence-corrected chi connectivity index (χ4v) is 5.60. The van der Waals surface area contributed by atoms with Crippen molar-refractivity contribution in [1.82, 2.24) is 34.8 Å². The van der Waals surface area contributed by atoms with Crippen LogP contribution in [0.4, 0.5) is 0 Å². The van der Waals surface area contributed by atoms with Crippen LogP contribution in [0.15, 0.2) is 34.2 Å². The number of aromatic amines is 2. The predicted octanol–water partition coefficient (Wildman–Crippen LogP) is 1.39. The molecule has 4 N–H and O–H groups in total. The molecule has 38 heavy (non-hydrogen) atoms. The van der Waals surface area contributed by atoms with Crippen LogP contribution in [-0.2, 0) is 0 Å². The number of aromatic hydroxyl groups is 1. The molecule has 0 radical (unpaired) electrons. The predicted molar refractivity (Wildman–Crippen MR) is 144 cm³/mol. The lowest BCUT2D eigenvalue weighted by Gasteiger charge is -2.23. The molecule has 2 fully saturated rings. The van der Waals surface area contributed by atoms with Crippen molar-refractivity contribution < 1.29 is 9.90 Å². The molecule has 12 heteroatoms. The highest BCUT2D eigenvalue weighted by Crippen LogP contribution is 2.27. The summed E-state index contributed by atoms with van der Waals surface area (Å²) >= 11 is 1.40. The summed E-state index contributed by atoms with van der Waals surface area (Å²) in [5.41, 5.74) is 1.65. The Kier molecular flexibility index (Phi) is 6.58. The molecule has 1 amide bonds. The second-order valence-electron chi connectivity index (χ2n) is 9.93.